The van der Waals surface area contributed by atoms with Gasteiger partial charge in [-0.15, -0.1) is 0 Å². The number of benzene rings is 4. The second-order valence-corrected chi connectivity index (χ2v) is 9.91. The molecule has 7 heteroatoms. The Balaban J connectivity index is 1.55. The average molecular weight is 533 g/mol. The molecule has 1 heterocycles. The van der Waals surface area contributed by atoms with Crippen LogP contribution in [0.25, 0.3) is 10.8 Å². The third-order valence-electron chi connectivity index (χ3n) is 6.69. The van der Waals surface area contributed by atoms with Gasteiger partial charge in [-0.1, -0.05) is 71.7 Å². The minimum absolute atomic E-state index is 0.0519. The van der Waals surface area contributed by atoms with Gasteiger partial charge in [0.05, 0.1) is 17.3 Å². The lowest BCUT2D eigenvalue weighted by Crippen LogP contribution is -2.39. The molecule has 4 aromatic rings. The van der Waals surface area contributed by atoms with Crippen LogP contribution in [0.5, 0.6) is 0 Å². The van der Waals surface area contributed by atoms with E-state index in [1.807, 2.05) is 61.5 Å². The summed E-state index contributed by atoms with van der Waals surface area (Å²) in [5.41, 5.74) is 2.69. The standard InChI is InChI=1S/C30H26Cl2N2O3/c1-2-34-26-17-22(32)12-14-24(26)28(35)27(30(34)37)29(36)25(15-18-7-10-21(31)11-8-18)33-23-13-9-19-5-3-4-6-20(19)16-23/h3-14,16-17,25,28,33,35,37H,2,15H2,1H3. The normalized spacial score (nSPS) is 16.0. The van der Waals surface area contributed by atoms with Crippen molar-refractivity contribution in [2.75, 3.05) is 16.8 Å². The summed E-state index contributed by atoms with van der Waals surface area (Å²) in [5, 5.41) is 29.0. The molecule has 0 saturated carbocycles. The van der Waals surface area contributed by atoms with Gasteiger partial charge in [-0.3, -0.25) is 4.79 Å². The fraction of sp³-hybridized carbons (Fsp3) is 0.167. The lowest BCUT2D eigenvalue weighted by atomic mass is 9.88. The number of nitrogens with zero attached hydrogens (tertiary/aromatic N) is 1. The van der Waals surface area contributed by atoms with Crippen molar-refractivity contribution >= 4 is 51.1 Å². The smallest absolute Gasteiger partial charge is 0.201 e. The van der Waals surface area contributed by atoms with E-state index in [-0.39, 0.29) is 11.5 Å². The molecule has 1 aliphatic rings. The molecule has 0 bridgehead atoms. The zero-order valence-electron chi connectivity index (χ0n) is 20.2. The Labute approximate surface area is 225 Å². The van der Waals surface area contributed by atoms with E-state index < -0.39 is 17.9 Å². The Morgan fingerprint density at radius 2 is 1.65 bits per heavy atom. The predicted octanol–water partition coefficient (Wildman–Crippen LogP) is 7.08. The van der Waals surface area contributed by atoms with Gasteiger partial charge in [-0.05, 0) is 59.7 Å². The molecule has 4 aromatic carbocycles. The van der Waals surface area contributed by atoms with E-state index in [2.05, 4.69) is 5.32 Å². The van der Waals surface area contributed by atoms with E-state index in [0.717, 1.165) is 22.0 Å². The van der Waals surface area contributed by atoms with Crippen molar-refractivity contribution in [2.45, 2.75) is 25.5 Å². The van der Waals surface area contributed by atoms with Crippen LogP contribution in [0.2, 0.25) is 10.0 Å². The van der Waals surface area contributed by atoms with Gasteiger partial charge in [0.2, 0.25) is 5.88 Å². The SMILES string of the molecule is CCN1C(O)=C(C(=O)C(Cc2ccc(Cl)cc2)Nc2ccc3ccccc3c2)C(O)c2ccc(Cl)cc21. The number of halogens is 2. The third-order valence-corrected chi connectivity index (χ3v) is 7.18. The maximum Gasteiger partial charge on any atom is 0.201 e. The second-order valence-electron chi connectivity index (χ2n) is 9.04. The summed E-state index contributed by atoms with van der Waals surface area (Å²) < 4.78 is 0. The quantitative estimate of drug-likeness (QED) is 0.237. The summed E-state index contributed by atoms with van der Waals surface area (Å²) in [5.74, 6) is -0.664. The first-order valence-electron chi connectivity index (χ1n) is 12.1. The highest BCUT2D eigenvalue weighted by atomic mass is 35.5. The van der Waals surface area contributed by atoms with Crippen LogP contribution in [-0.2, 0) is 11.2 Å². The Morgan fingerprint density at radius 3 is 2.38 bits per heavy atom. The van der Waals surface area contributed by atoms with Crippen molar-refractivity contribution in [1.29, 1.82) is 0 Å². The van der Waals surface area contributed by atoms with Gasteiger partial charge < -0.3 is 20.4 Å². The highest BCUT2D eigenvalue weighted by Crippen LogP contribution is 2.41. The molecule has 0 radical (unpaired) electrons. The third kappa shape index (κ3) is 5.03. The van der Waals surface area contributed by atoms with E-state index in [9.17, 15) is 15.0 Å². The summed E-state index contributed by atoms with van der Waals surface area (Å²) >= 11 is 12.3. The number of ketones is 1. The van der Waals surface area contributed by atoms with Crippen LogP contribution in [0.3, 0.4) is 0 Å². The van der Waals surface area contributed by atoms with Gasteiger partial charge in [0.15, 0.2) is 5.78 Å². The van der Waals surface area contributed by atoms with Crippen LogP contribution in [0, 0.1) is 0 Å². The van der Waals surface area contributed by atoms with Crippen LogP contribution >= 0.6 is 23.2 Å². The highest BCUT2D eigenvalue weighted by molar-refractivity contribution is 6.31. The molecular formula is C30H26Cl2N2O3. The zero-order valence-corrected chi connectivity index (χ0v) is 21.7. The molecule has 188 valence electrons. The van der Waals surface area contributed by atoms with E-state index in [4.69, 9.17) is 23.2 Å². The Bertz CT molecular complexity index is 1500. The molecule has 0 spiro atoms. The molecule has 0 amide bonds. The Hall–Kier alpha value is -3.51. The molecule has 0 aliphatic carbocycles. The number of nitrogens with one attached hydrogen (secondary N) is 1. The number of hydrogen-bond donors (Lipinski definition) is 3. The number of Topliss-reactive ketones (excluding diaryl/α,β-unsaturated/α-hetero) is 1. The van der Waals surface area contributed by atoms with Crippen LogP contribution in [0.4, 0.5) is 11.4 Å². The lowest BCUT2D eigenvalue weighted by molar-refractivity contribution is -0.117. The van der Waals surface area contributed by atoms with Crippen molar-refractivity contribution in [3.8, 4) is 0 Å². The molecule has 2 atom stereocenters. The molecule has 37 heavy (non-hydrogen) atoms. The molecule has 0 aromatic heterocycles. The summed E-state index contributed by atoms with van der Waals surface area (Å²) in [6.45, 7) is 2.25. The topological polar surface area (TPSA) is 72.8 Å². The first kappa shape index (κ1) is 25.2. The minimum atomic E-state index is -1.30. The molecule has 5 rings (SSSR count). The van der Waals surface area contributed by atoms with Crippen LogP contribution in [0.15, 0.2) is 96.4 Å². The van der Waals surface area contributed by atoms with Crippen molar-refractivity contribution < 1.29 is 15.0 Å². The van der Waals surface area contributed by atoms with Crippen LogP contribution in [0.1, 0.15) is 24.2 Å². The highest BCUT2D eigenvalue weighted by Gasteiger charge is 2.38. The van der Waals surface area contributed by atoms with Crippen molar-refractivity contribution in [2.24, 2.45) is 0 Å². The second kappa shape index (κ2) is 10.5. The monoisotopic (exact) mass is 532 g/mol. The zero-order chi connectivity index (χ0) is 26.1. The van der Waals surface area contributed by atoms with E-state index in [1.165, 1.54) is 0 Å². The van der Waals surface area contributed by atoms with Gasteiger partial charge in [-0.25, -0.2) is 0 Å². The number of anilines is 2. The lowest BCUT2D eigenvalue weighted by Gasteiger charge is -2.35. The first-order valence-corrected chi connectivity index (χ1v) is 12.8. The van der Waals surface area contributed by atoms with Crippen LogP contribution in [-0.4, -0.2) is 28.6 Å². The van der Waals surface area contributed by atoms with Gasteiger partial charge in [0, 0.05) is 34.3 Å². The largest absolute Gasteiger partial charge is 0.494 e. The molecular weight excluding hydrogens is 507 g/mol. The molecule has 0 saturated heterocycles. The fourth-order valence-electron chi connectivity index (χ4n) is 4.82. The average Bonchev–Trinajstić information content (AvgIpc) is 2.89. The van der Waals surface area contributed by atoms with E-state index in [0.29, 0.717) is 34.3 Å². The van der Waals surface area contributed by atoms with Gasteiger partial charge in [0.25, 0.3) is 0 Å². The number of carbonyl (C=O) groups is 1. The number of rotatable bonds is 7. The maximum absolute atomic E-state index is 14.1. The number of aliphatic hydroxyl groups is 2. The van der Waals surface area contributed by atoms with Crippen molar-refractivity contribution in [3.63, 3.8) is 0 Å². The van der Waals surface area contributed by atoms with Gasteiger partial charge >= 0.3 is 0 Å². The Morgan fingerprint density at radius 1 is 0.946 bits per heavy atom. The molecule has 0 fully saturated rings. The summed E-state index contributed by atoms with van der Waals surface area (Å²) in [7, 11) is 0. The fourth-order valence-corrected chi connectivity index (χ4v) is 5.11. The number of carbonyl (C=O) groups excluding carboxylic acids is 1. The first-order chi connectivity index (χ1) is 17.9. The van der Waals surface area contributed by atoms with Crippen LogP contribution < -0.4 is 10.2 Å². The van der Waals surface area contributed by atoms with E-state index in [1.54, 1.807) is 35.2 Å². The maximum atomic E-state index is 14.1. The summed E-state index contributed by atoms with van der Waals surface area (Å²) in [4.78, 5) is 15.7. The van der Waals surface area contributed by atoms with E-state index >= 15 is 0 Å². The minimum Gasteiger partial charge on any atom is -0.494 e. The summed E-state index contributed by atoms with van der Waals surface area (Å²) in [6.07, 6.45) is -0.972. The molecule has 3 N–H and O–H groups in total. The van der Waals surface area contributed by atoms with Crippen molar-refractivity contribution in [3.05, 3.63) is 118 Å². The van der Waals surface area contributed by atoms with Gasteiger partial charge in [0.1, 0.15) is 6.10 Å². The number of hydrogen-bond acceptors (Lipinski definition) is 5. The number of aliphatic hydroxyl groups excluding tert-OH is 2. The molecule has 1 aliphatic heterocycles. The summed E-state index contributed by atoms with van der Waals surface area (Å²) in [6, 6.07) is 25.4. The Kier molecular flexibility index (Phi) is 7.11. The molecule has 2 unspecified atom stereocenters. The molecule has 5 nitrogen and oxygen atoms in total. The predicted molar refractivity (Wildman–Crippen MR) is 151 cm³/mol. The van der Waals surface area contributed by atoms with Crippen molar-refractivity contribution in [1.82, 2.24) is 0 Å². The number of fused-ring (bicyclic) bond motifs is 2. The van der Waals surface area contributed by atoms with Gasteiger partial charge in [-0.2, -0.15) is 0 Å².